The Morgan fingerprint density at radius 2 is 2.00 bits per heavy atom. The van der Waals surface area contributed by atoms with E-state index in [0.717, 1.165) is 6.42 Å². The number of nitrogen functional groups attached to an aromatic ring is 1. The summed E-state index contributed by atoms with van der Waals surface area (Å²) >= 11 is 0. The van der Waals surface area contributed by atoms with Crippen LogP contribution in [0.3, 0.4) is 0 Å². The van der Waals surface area contributed by atoms with E-state index in [1.54, 1.807) is 0 Å². The molecule has 0 saturated carbocycles. The first-order valence-electron chi connectivity index (χ1n) is 7.25. The fraction of sp³-hybridized carbons (Fsp3) is 0.643. The molecule has 0 aliphatic carbocycles. The predicted octanol–water partition coefficient (Wildman–Crippen LogP) is 3.29. The summed E-state index contributed by atoms with van der Waals surface area (Å²) in [6.45, 7) is 7.23. The maximum atomic E-state index is 10.9. The average molecular weight is 295 g/mol. The van der Waals surface area contributed by atoms with Crippen LogP contribution in [-0.2, 0) is 0 Å². The molecule has 7 heteroatoms. The van der Waals surface area contributed by atoms with Crippen LogP contribution in [0.25, 0.3) is 0 Å². The van der Waals surface area contributed by atoms with E-state index in [9.17, 15) is 10.1 Å². The van der Waals surface area contributed by atoms with Crippen LogP contribution in [0.1, 0.15) is 46.5 Å². The standard InChI is InChI=1S/C14H25N5O2/c1-4-5-6-7-14(2,3)10-16-12-8-11(19(20)21)9-13(17-12)18-15/h8-9H,4-7,10,15H2,1-3H3,(H2,16,17,18). The summed E-state index contributed by atoms with van der Waals surface area (Å²) in [6, 6.07) is 2.72. The van der Waals surface area contributed by atoms with Crippen molar-refractivity contribution < 1.29 is 4.92 Å². The highest BCUT2D eigenvalue weighted by atomic mass is 16.6. The molecule has 21 heavy (non-hydrogen) atoms. The second-order valence-electron chi connectivity index (χ2n) is 5.97. The molecule has 0 atom stereocenters. The van der Waals surface area contributed by atoms with Gasteiger partial charge in [0.2, 0.25) is 0 Å². The Morgan fingerprint density at radius 3 is 2.57 bits per heavy atom. The Labute approximate surface area is 125 Å². The Balaban J connectivity index is 2.69. The van der Waals surface area contributed by atoms with E-state index in [2.05, 4.69) is 36.5 Å². The second kappa shape index (κ2) is 7.78. The van der Waals surface area contributed by atoms with Gasteiger partial charge in [0.1, 0.15) is 11.6 Å². The Bertz CT molecular complexity index is 476. The van der Waals surface area contributed by atoms with Crippen molar-refractivity contribution in [3.63, 3.8) is 0 Å². The molecule has 0 fully saturated rings. The van der Waals surface area contributed by atoms with Crippen LogP contribution in [0, 0.1) is 15.5 Å². The number of unbranched alkanes of at least 4 members (excludes halogenated alkanes) is 2. The molecule has 1 heterocycles. The lowest BCUT2D eigenvalue weighted by molar-refractivity contribution is -0.384. The van der Waals surface area contributed by atoms with E-state index >= 15 is 0 Å². The van der Waals surface area contributed by atoms with Gasteiger partial charge in [-0.15, -0.1) is 0 Å². The van der Waals surface area contributed by atoms with Crippen molar-refractivity contribution in [3.8, 4) is 0 Å². The highest BCUT2D eigenvalue weighted by Gasteiger charge is 2.18. The molecule has 4 N–H and O–H groups in total. The van der Waals surface area contributed by atoms with E-state index in [1.165, 1.54) is 31.4 Å². The zero-order valence-electron chi connectivity index (χ0n) is 13.0. The minimum Gasteiger partial charge on any atom is -0.369 e. The predicted molar refractivity (Wildman–Crippen MR) is 85.1 cm³/mol. The molecule has 0 saturated heterocycles. The van der Waals surface area contributed by atoms with E-state index < -0.39 is 4.92 Å². The van der Waals surface area contributed by atoms with E-state index in [0.29, 0.717) is 12.4 Å². The van der Waals surface area contributed by atoms with E-state index in [4.69, 9.17) is 5.84 Å². The minimum atomic E-state index is -0.458. The number of rotatable bonds is 9. The minimum absolute atomic E-state index is 0.0377. The first kappa shape index (κ1) is 17.2. The van der Waals surface area contributed by atoms with Crippen LogP contribution in [-0.4, -0.2) is 16.5 Å². The summed E-state index contributed by atoms with van der Waals surface area (Å²) in [4.78, 5) is 14.6. The number of hydrogen-bond acceptors (Lipinski definition) is 6. The second-order valence-corrected chi connectivity index (χ2v) is 5.97. The topological polar surface area (TPSA) is 106 Å². The lowest BCUT2D eigenvalue weighted by Crippen LogP contribution is -2.23. The summed E-state index contributed by atoms with van der Waals surface area (Å²) in [5.74, 6) is 6.02. The van der Waals surface area contributed by atoms with Crippen molar-refractivity contribution in [2.24, 2.45) is 11.3 Å². The van der Waals surface area contributed by atoms with Gasteiger partial charge in [0.25, 0.3) is 5.69 Å². The van der Waals surface area contributed by atoms with E-state index in [1.807, 2.05) is 0 Å². The smallest absolute Gasteiger partial charge is 0.276 e. The van der Waals surface area contributed by atoms with Crippen molar-refractivity contribution in [3.05, 3.63) is 22.2 Å². The van der Waals surface area contributed by atoms with Crippen molar-refractivity contribution >= 4 is 17.3 Å². The molecular formula is C14H25N5O2. The molecule has 0 aromatic carbocycles. The Morgan fingerprint density at radius 1 is 1.33 bits per heavy atom. The van der Waals surface area contributed by atoms with Gasteiger partial charge in [0, 0.05) is 6.54 Å². The summed E-state index contributed by atoms with van der Waals surface area (Å²) in [5, 5.41) is 14.0. The monoisotopic (exact) mass is 295 g/mol. The van der Waals surface area contributed by atoms with Gasteiger partial charge in [0.15, 0.2) is 0 Å². The van der Waals surface area contributed by atoms with Crippen molar-refractivity contribution in [1.82, 2.24) is 4.98 Å². The van der Waals surface area contributed by atoms with Gasteiger partial charge in [-0.2, -0.15) is 0 Å². The molecule has 1 aromatic heterocycles. The van der Waals surface area contributed by atoms with Crippen LogP contribution in [0.15, 0.2) is 12.1 Å². The van der Waals surface area contributed by atoms with Gasteiger partial charge in [-0.3, -0.25) is 10.1 Å². The first-order chi connectivity index (χ1) is 9.88. The maximum absolute atomic E-state index is 10.9. The molecule has 0 radical (unpaired) electrons. The van der Waals surface area contributed by atoms with Crippen LogP contribution in [0.4, 0.5) is 17.3 Å². The molecule has 1 aromatic rings. The number of hydrogen-bond donors (Lipinski definition) is 3. The van der Waals surface area contributed by atoms with Crippen molar-refractivity contribution in [2.75, 3.05) is 17.3 Å². The number of hydrazine groups is 1. The van der Waals surface area contributed by atoms with Crippen LogP contribution in [0.2, 0.25) is 0 Å². The zero-order valence-corrected chi connectivity index (χ0v) is 13.0. The van der Waals surface area contributed by atoms with Crippen LogP contribution in [0.5, 0.6) is 0 Å². The maximum Gasteiger partial charge on any atom is 0.276 e. The normalized spacial score (nSPS) is 11.2. The summed E-state index contributed by atoms with van der Waals surface area (Å²) in [7, 11) is 0. The molecule has 0 bridgehead atoms. The van der Waals surface area contributed by atoms with Crippen LogP contribution < -0.4 is 16.6 Å². The van der Waals surface area contributed by atoms with Gasteiger partial charge in [-0.05, 0) is 11.8 Å². The lowest BCUT2D eigenvalue weighted by atomic mass is 9.87. The Hall–Kier alpha value is -1.89. The van der Waals surface area contributed by atoms with Crippen molar-refractivity contribution in [2.45, 2.75) is 46.5 Å². The number of nitrogens with two attached hydrogens (primary N) is 1. The first-order valence-corrected chi connectivity index (χ1v) is 7.25. The molecule has 0 amide bonds. The van der Waals surface area contributed by atoms with Crippen LogP contribution >= 0.6 is 0 Å². The highest BCUT2D eigenvalue weighted by Crippen LogP contribution is 2.26. The quantitative estimate of drug-likeness (QED) is 0.279. The number of nitro groups is 1. The van der Waals surface area contributed by atoms with Gasteiger partial charge in [0.05, 0.1) is 17.1 Å². The molecule has 118 valence electrons. The van der Waals surface area contributed by atoms with Gasteiger partial charge < -0.3 is 10.7 Å². The molecule has 0 aliphatic rings. The lowest BCUT2D eigenvalue weighted by Gasteiger charge is -2.25. The van der Waals surface area contributed by atoms with Gasteiger partial charge >= 0.3 is 0 Å². The summed E-state index contributed by atoms with van der Waals surface area (Å²) in [5.41, 5.74) is 2.42. The van der Waals surface area contributed by atoms with Crippen molar-refractivity contribution in [1.29, 1.82) is 0 Å². The molecule has 0 aliphatic heterocycles. The molecule has 0 unspecified atom stereocenters. The average Bonchev–Trinajstić information content (AvgIpc) is 2.45. The number of aromatic nitrogens is 1. The summed E-state index contributed by atoms with van der Waals surface area (Å²) < 4.78 is 0. The highest BCUT2D eigenvalue weighted by molar-refractivity contribution is 5.54. The number of pyridine rings is 1. The third kappa shape index (κ3) is 5.95. The number of anilines is 2. The third-order valence-electron chi connectivity index (χ3n) is 3.37. The fourth-order valence-electron chi connectivity index (χ4n) is 2.06. The fourth-order valence-corrected chi connectivity index (χ4v) is 2.06. The van der Waals surface area contributed by atoms with E-state index in [-0.39, 0.29) is 16.9 Å². The molecule has 7 nitrogen and oxygen atoms in total. The van der Waals surface area contributed by atoms with Gasteiger partial charge in [-0.25, -0.2) is 10.8 Å². The Kier molecular flexibility index (Phi) is 6.36. The zero-order chi connectivity index (χ0) is 15.9. The molecule has 0 spiro atoms. The number of nitrogens with zero attached hydrogens (tertiary/aromatic N) is 2. The summed E-state index contributed by atoms with van der Waals surface area (Å²) in [6.07, 6.45) is 4.70. The molecule has 1 rings (SSSR count). The molecular weight excluding hydrogens is 270 g/mol. The van der Waals surface area contributed by atoms with Gasteiger partial charge in [-0.1, -0.05) is 40.0 Å². The third-order valence-corrected chi connectivity index (χ3v) is 3.37. The SMILES string of the molecule is CCCCCC(C)(C)CNc1cc([N+](=O)[O-])cc(NN)n1. The number of nitrogens with one attached hydrogen (secondary N) is 2. The largest absolute Gasteiger partial charge is 0.369 e.